The Morgan fingerprint density at radius 1 is 1.00 bits per heavy atom. The molecule has 1 unspecified atom stereocenters. The third kappa shape index (κ3) is 4.52. The van der Waals surface area contributed by atoms with E-state index in [-0.39, 0.29) is 0 Å². The Morgan fingerprint density at radius 2 is 1.75 bits per heavy atom. The van der Waals surface area contributed by atoms with E-state index in [1.54, 1.807) is 5.57 Å². The molecule has 0 aromatic rings. The van der Waals surface area contributed by atoms with Crippen molar-refractivity contribution >= 4 is 0 Å². The summed E-state index contributed by atoms with van der Waals surface area (Å²) in [5.74, 6) is 0. The van der Waals surface area contributed by atoms with Gasteiger partial charge in [0.05, 0.1) is 13.6 Å². The van der Waals surface area contributed by atoms with Crippen molar-refractivity contribution in [3.63, 3.8) is 0 Å². The fraction of sp³-hybridized carbons (Fsp3) is 0.733. The molecule has 0 radical (unpaired) electrons. The lowest BCUT2D eigenvalue weighted by Crippen LogP contribution is -2.31. The largest absolute Gasteiger partial charge is 0.273 e. The smallest absolute Gasteiger partial charge is 0.104 e. The minimum atomic E-state index is 1.03. The second-order valence-electron chi connectivity index (χ2n) is 5.25. The minimum Gasteiger partial charge on any atom is -0.273 e. The summed E-state index contributed by atoms with van der Waals surface area (Å²) in [4.78, 5) is 0. The van der Waals surface area contributed by atoms with Gasteiger partial charge in [0.15, 0.2) is 0 Å². The van der Waals surface area contributed by atoms with Crippen molar-refractivity contribution in [1.82, 2.24) is 0 Å². The maximum atomic E-state index is 2.45. The van der Waals surface area contributed by atoms with Gasteiger partial charge in [-0.25, -0.2) is 0 Å². The van der Waals surface area contributed by atoms with Crippen LogP contribution in [0.4, 0.5) is 0 Å². The summed E-state index contributed by atoms with van der Waals surface area (Å²) in [5.41, 5.74) is 1.54. The van der Waals surface area contributed by atoms with Crippen LogP contribution in [0.1, 0.15) is 58.8 Å². The van der Waals surface area contributed by atoms with Gasteiger partial charge < -0.3 is 0 Å². The van der Waals surface area contributed by atoms with Gasteiger partial charge in [0.2, 0.25) is 0 Å². The van der Waals surface area contributed by atoms with Crippen molar-refractivity contribution in [1.29, 1.82) is 0 Å². The highest BCUT2D eigenvalue weighted by molar-refractivity contribution is 5.19. The molecule has 16 heavy (non-hydrogen) atoms. The van der Waals surface area contributed by atoms with E-state index >= 15 is 0 Å². The first-order valence-electron chi connectivity index (χ1n) is 6.96. The Morgan fingerprint density at radius 3 is 2.44 bits per heavy atom. The van der Waals surface area contributed by atoms with Gasteiger partial charge in [0.25, 0.3) is 0 Å². The first-order valence-corrected chi connectivity index (χ1v) is 6.96. The Kier molecular flexibility index (Phi) is 5.83. The molecule has 0 aromatic carbocycles. The molecular weight excluding hydrogens is 194 g/mol. The molecule has 0 fully saturated rings. The van der Waals surface area contributed by atoms with E-state index in [1.807, 2.05) is 0 Å². The fourth-order valence-corrected chi connectivity index (χ4v) is 2.28. The van der Waals surface area contributed by atoms with Gasteiger partial charge in [0.1, 0.15) is 12.4 Å². The number of quaternary nitrogens is 1. The maximum absolute atomic E-state index is 2.45. The molecule has 1 atom stereocenters. The summed E-state index contributed by atoms with van der Waals surface area (Å²) in [6.45, 7) is 5.80. The number of rotatable bonds is 8. The van der Waals surface area contributed by atoms with Crippen molar-refractivity contribution in [3.8, 4) is 0 Å². The molecule has 0 bridgehead atoms. The predicted octanol–water partition coefficient (Wildman–Crippen LogP) is 4.61. The van der Waals surface area contributed by atoms with E-state index in [4.69, 9.17) is 0 Å². The van der Waals surface area contributed by atoms with Crippen LogP contribution in [-0.2, 0) is 0 Å². The molecule has 0 N–H and O–H groups in total. The molecule has 0 saturated heterocycles. The summed E-state index contributed by atoms with van der Waals surface area (Å²) >= 11 is 0. The summed E-state index contributed by atoms with van der Waals surface area (Å²) in [5, 5.41) is 0. The Balaban J connectivity index is 2.30. The van der Waals surface area contributed by atoms with Crippen LogP contribution in [0.5, 0.6) is 0 Å². The predicted molar refractivity (Wildman–Crippen MR) is 71.9 cm³/mol. The zero-order valence-electron chi connectivity index (χ0n) is 11.3. The summed E-state index contributed by atoms with van der Waals surface area (Å²) in [6.07, 6.45) is 16.5. The monoisotopic (exact) mass is 222 g/mol. The third-order valence-electron chi connectivity index (χ3n) is 3.40. The van der Waals surface area contributed by atoms with Gasteiger partial charge in [-0.3, -0.25) is 4.48 Å². The van der Waals surface area contributed by atoms with Crippen molar-refractivity contribution in [2.45, 2.75) is 58.8 Å². The van der Waals surface area contributed by atoms with Crippen molar-refractivity contribution < 1.29 is 4.48 Å². The van der Waals surface area contributed by atoms with Gasteiger partial charge in [-0.05, 0) is 25.7 Å². The molecule has 0 aliphatic carbocycles. The number of hydrogen-bond acceptors (Lipinski definition) is 0. The molecule has 1 rings (SSSR count). The molecule has 0 aromatic heterocycles. The Labute approximate surface area is 101 Å². The van der Waals surface area contributed by atoms with Crippen LogP contribution in [0.15, 0.2) is 24.0 Å². The fourth-order valence-electron chi connectivity index (χ4n) is 2.28. The van der Waals surface area contributed by atoms with Gasteiger partial charge in [-0.1, -0.05) is 33.1 Å². The third-order valence-corrected chi connectivity index (χ3v) is 3.40. The van der Waals surface area contributed by atoms with Gasteiger partial charge in [-0.2, -0.15) is 0 Å². The number of allylic oxidation sites excluding steroid dienone is 2. The number of unbranched alkanes of at least 4 members (excludes halogenated alkanes) is 4. The molecular formula is C15H28N+. The van der Waals surface area contributed by atoms with E-state index < -0.39 is 0 Å². The van der Waals surface area contributed by atoms with Crippen LogP contribution in [0.25, 0.3) is 0 Å². The molecule has 1 aliphatic rings. The van der Waals surface area contributed by atoms with Crippen LogP contribution in [0, 0.1) is 0 Å². The van der Waals surface area contributed by atoms with Gasteiger partial charge >= 0.3 is 0 Å². The first kappa shape index (κ1) is 13.5. The van der Waals surface area contributed by atoms with Crippen LogP contribution in [0.3, 0.4) is 0 Å². The molecule has 92 valence electrons. The number of hydrogen-bond donors (Lipinski definition) is 0. The first-order chi connectivity index (χ1) is 7.70. The second kappa shape index (κ2) is 6.90. The highest BCUT2D eigenvalue weighted by Gasteiger charge is 2.21. The van der Waals surface area contributed by atoms with Crippen molar-refractivity contribution in [2.24, 2.45) is 0 Å². The van der Waals surface area contributed by atoms with Crippen molar-refractivity contribution in [3.05, 3.63) is 24.0 Å². The van der Waals surface area contributed by atoms with Gasteiger partial charge in [0, 0.05) is 11.6 Å². The van der Waals surface area contributed by atoms with Crippen LogP contribution in [0.2, 0.25) is 0 Å². The lowest BCUT2D eigenvalue weighted by molar-refractivity contribution is -0.804. The second-order valence-corrected chi connectivity index (χ2v) is 5.25. The topological polar surface area (TPSA) is 0 Å². The van der Waals surface area contributed by atoms with Crippen molar-refractivity contribution in [2.75, 3.05) is 13.6 Å². The normalized spacial score (nSPS) is 23.8. The summed E-state index contributed by atoms with van der Waals surface area (Å²) in [6, 6.07) is 0. The molecule has 1 heteroatoms. The molecule has 0 amide bonds. The zero-order chi connectivity index (χ0) is 11.9. The summed E-state index contributed by atoms with van der Waals surface area (Å²) in [7, 11) is 2.32. The average Bonchev–Trinajstić information content (AvgIpc) is 2.64. The SMILES string of the molecule is CCCCCC[N+]1(C)C=CC(CCCC)=C1. The van der Waals surface area contributed by atoms with Crippen LogP contribution >= 0.6 is 0 Å². The van der Waals surface area contributed by atoms with Crippen LogP contribution in [-0.4, -0.2) is 18.1 Å². The molecule has 1 nitrogen and oxygen atoms in total. The lowest BCUT2D eigenvalue weighted by Gasteiger charge is -2.23. The summed E-state index contributed by atoms with van der Waals surface area (Å²) < 4.78 is 1.03. The standard InChI is InChI=1S/C15H28N/c1-4-6-8-9-12-16(3)13-11-15(14-16)10-7-5-2/h11,13-14H,4-10,12H2,1-3H3/q+1. The van der Waals surface area contributed by atoms with E-state index in [2.05, 4.69) is 39.4 Å². The molecule has 0 spiro atoms. The van der Waals surface area contributed by atoms with E-state index in [0.29, 0.717) is 0 Å². The highest BCUT2D eigenvalue weighted by Crippen LogP contribution is 2.23. The molecule has 1 aliphatic heterocycles. The zero-order valence-corrected chi connectivity index (χ0v) is 11.3. The number of nitrogens with zero attached hydrogens (tertiary/aromatic N) is 1. The average molecular weight is 222 g/mol. The molecule has 0 saturated carbocycles. The highest BCUT2D eigenvalue weighted by atomic mass is 15.3. The van der Waals surface area contributed by atoms with E-state index in [0.717, 1.165) is 4.48 Å². The maximum Gasteiger partial charge on any atom is 0.104 e. The Hall–Kier alpha value is -0.560. The van der Waals surface area contributed by atoms with Crippen LogP contribution < -0.4 is 0 Å². The van der Waals surface area contributed by atoms with E-state index in [9.17, 15) is 0 Å². The minimum absolute atomic E-state index is 1.03. The lowest BCUT2D eigenvalue weighted by atomic mass is 10.1. The quantitative estimate of drug-likeness (QED) is 0.415. The Bertz CT molecular complexity index is 252. The molecule has 1 heterocycles. The van der Waals surface area contributed by atoms with Gasteiger partial charge in [-0.15, -0.1) is 0 Å². The van der Waals surface area contributed by atoms with E-state index in [1.165, 1.54) is 51.5 Å².